The topological polar surface area (TPSA) is 32.3 Å². The molecule has 0 bridgehead atoms. The Morgan fingerprint density at radius 1 is 1.24 bits per heavy atom. The molecule has 3 nitrogen and oxygen atoms in total. The molecule has 114 valence electrons. The molecule has 21 heavy (non-hydrogen) atoms. The highest BCUT2D eigenvalue weighted by atomic mass is 16.2. The largest absolute Gasteiger partial charge is 0.373 e. The Bertz CT molecular complexity index is 487. The Labute approximate surface area is 127 Å². The molecule has 1 aromatic rings. The predicted octanol–water partition coefficient (Wildman–Crippen LogP) is 3.31. The van der Waals surface area contributed by atoms with E-state index in [9.17, 15) is 4.79 Å². The minimum Gasteiger partial charge on any atom is -0.373 e. The number of para-hydroxylation sites is 1. The molecule has 2 atom stereocenters. The van der Waals surface area contributed by atoms with Crippen LogP contribution in [0.1, 0.15) is 38.7 Å². The van der Waals surface area contributed by atoms with Gasteiger partial charge in [0.15, 0.2) is 0 Å². The number of fused-ring (bicyclic) bond motifs is 1. The molecule has 2 aliphatic rings. The van der Waals surface area contributed by atoms with Gasteiger partial charge in [0, 0.05) is 25.2 Å². The summed E-state index contributed by atoms with van der Waals surface area (Å²) in [5, 5.41) is 3.39. The first-order chi connectivity index (χ1) is 10.1. The summed E-state index contributed by atoms with van der Waals surface area (Å²) >= 11 is 0. The molecular formula is C18H26N2O. The summed E-state index contributed by atoms with van der Waals surface area (Å²) in [5.41, 5.74) is 2.40. The number of carbonyl (C=O) groups is 1. The normalized spacial score (nSPS) is 25.4. The van der Waals surface area contributed by atoms with E-state index in [1.807, 2.05) is 12.1 Å². The second kappa shape index (κ2) is 6.08. The van der Waals surface area contributed by atoms with Crippen molar-refractivity contribution in [2.45, 2.75) is 45.6 Å². The molecule has 0 saturated carbocycles. The second-order valence-electron chi connectivity index (χ2n) is 6.82. The lowest BCUT2D eigenvalue weighted by Crippen LogP contribution is -2.42. The lowest BCUT2D eigenvalue weighted by atomic mass is 9.89. The third kappa shape index (κ3) is 3.07. The highest BCUT2D eigenvalue weighted by Crippen LogP contribution is 2.28. The van der Waals surface area contributed by atoms with Crippen LogP contribution in [-0.2, 0) is 11.2 Å². The SMILES string of the molecule is CC(C)C1CCCN(C(=O)[C@@H]2Cc3ccccc3N2)CC1. The fourth-order valence-electron chi connectivity index (χ4n) is 3.68. The quantitative estimate of drug-likeness (QED) is 0.904. The van der Waals surface area contributed by atoms with E-state index >= 15 is 0 Å². The van der Waals surface area contributed by atoms with E-state index < -0.39 is 0 Å². The number of anilines is 1. The molecule has 1 unspecified atom stereocenters. The number of hydrogen-bond donors (Lipinski definition) is 1. The molecule has 1 fully saturated rings. The average Bonchev–Trinajstić information content (AvgIpc) is 2.75. The zero-order valence-electron chi connectivity index (χ0n) is 13.1. The van der Waals surface area contributed by atoms with Gasteiger partial charge in [0.25, 0.3) is 0 Å². The highest BCUT2D eigenvalue weighted by Gasteiger charge is 2.31. The van der Waals surface area contributed by atoms with Crippen LogP contribution in [0, 0.1) is 11.8 Å². The van der Waals surface area contributed by atoms with Crippen molar-refractivity contribution in [3.8, 4) is 0 Å². The number of nitrogens with one attached hydrogen (secondary N) is 1. The number of rotatable bonds is 2. The minimum atomic E-state index is -0.0574. The standard InChI is InChI=1S/C18H26N2O/c1-13(2)14-7-5-10-20(11-9-14)18(21)17-12-15-6-3-4-8-16(15)19-17/h3-4,6,8,13-14,17,19H,5,7,9-12H2,1-2H3/t14?,17-/m0/s1. The van der Waals surface area contributed by atoms with Crippen molar-refractivity contribution in [2.75, 3.05) is 18.4 Å². The van der Waals surface area contributed by atoms with Crippen LogP contribution in [0.2, 0.25) is 0 Å². The van der Waals surface area contributed by atoms with Gasteiger partial charge in [-0.25, -0.2) is 0 Å². The van der Waals surface area contributed by atoms with Gasteiger partial charge in [0.05, 0.1) is 0 Å². The van der Waals surface area contributed by atoms with Gasteiger partial charge in [-0.15, -0.1) is 0 Å². The third-order valence-electron chi connectivity index (χ3n) is 5.10. The molecule has 3 rings (SSSR count). The maximum atomic E-state index is 12.8. The third-order valence-corrected chi connectivity index (χ3v) is 5.10. The van der Waals surface area contributed by atoms with Crippen LogP contribution in [0.3, 0.4) is 0 Å². The molecule has 0 aromatic heterocycles. The predicted molar refractivity (Wildman–Crippen MR) is 86.3 cm³/mol. The highest BCUT2D eigenvalue weighted by molar-refractivity contribution is 5.87. The lowest BCUT2D eigenvalue weighted by Gasteiger charge is -2.24. The van der Waals surface area contributed by atoms with Crippen LogP contribution in [0.5, 0.6) is 0 Å². The Morgan fingerprint density at radius 3 is 2.81 bits per heavy atom. The van der Waals surface area contributed by atoms with E-state index in [0.717, 1.165) is 49.9 Å². The average molecular weight is 286 g/mol. The van der Waals surface area contributed by atoms with Crippen molar-refractivity contribution >= 4 is 11.6 Å². The van der Waals surface area contributed by atoms with Crippen LogP contribution >= 0.6 is 0 Å². The van der Waals surface area contributed by atoms with E-state index in [1.54, 1.807) is 0 Å². The molecular weight excluding hydrogens is 260 g/mol. The van der Waals surface area contributed by atoms with Crippen LogP contribution in [0.25, 0.3) is 0 Å². The molecule has 0 spiro atoms. The number of benzene rings is 1. The molecule has 1 N–H and O–H groups in total. The van der Waals surface area contributed by atoms with Gasteiger partial charge in [-0.2, -0.15) is 0 Å². The van der Waals surface area contributed by atoms with Crippen LogP contribution in [-0.4, -0.2) is 29.9 Å². The number of nitrogens with zero attached hydrogens (tertiary/aromatic N) is 1. The summed E-state index contributed by atoms with van der Waals surface area (Å²) in [6.45, 7) is 6.46. The number of likely N-dealkylation sites (tertiary alicyclic amines) is 1. The van der Waals surface area contributed by atoms with E-state index in [0.29, 0.717) is 0 Å². The Morgan fingerprint density at radius 2 is 2.05 bits per heavy atom. The van der Waals surface area contributed by atoms with E-state index in [2.05, 4.69) is 36.2 Å². The Hall–Kier alpha value is -1.51. The van der Waals surface area contributed by atoms with Crippen LogP contribution in [0.15, 0.2) is 24.3 Å². The first-order valence-corrected chi connectivity index (χ1v) is 8.28. The van der Waals surface area contributed by atoms with Gasteiger partial charge in [-0.3, -0.25) is 4.79 Å². The summed E-state index contributed by atoms with van der Waals surface area (Å²) in [4.78, 5) is 14.9. The van der Waals surface area contributed by atoms with Gasteiger partial charge in [-0.1, -0.05) is 32.0 Å². The second-order valence-corrected chi connectivity index (χ2v) is 6.82. The Kier molecular flexibility index (Phi) is 4.18. The summed E-state index contributed by atoms with van der Waals surface area (Å²) in [5.74, 6) is 1.79. The van der Waals surface area contributed by atoms with Crippen molar-refractivity contribution in [2.24, 2.45) is 11.8 Å². The van der Waals surface area contributed by atoms with Gasteiger partial charge in [0.1, 0.15) is 6.04 Å². The molecule has 2 aliphatic heterocycles. The molecule has 1 saturated heterocycles. The lowest BCUT2D eigenvalue weighted by molar-refractivity contribution is -0.131. The smallest absolute Gasteiger partial charge is 0.245 e. The van der Waals surface area contributed by atoms with E-state index in [-0.39, 0.29) is 11.9 Å². The summed E-state index contributed by atoms with van der Waals surface area (Å²) in [6.07, 6.45) is 4.40. The molecule has 1 amide bonds. The van der Waals surface area contributed by atoms with Gasteiger partial charge >= 0.3 is 0 Å². The zero-order valence-corrected chi connectivity index (χ0v) is 13.1. The van der Waals surface area contributed by atoms with Crippen molar-refractivity contribution < 1.29 is 4.79 Å². The maximum absolute atomic E-state index is 12.8. The van der Waals surface area contributed by atoms with E-state index in [1.165, 1.54) is 12.0 Å². The van der Waals surface area contributed by atoms with Crippen molar-refractivity contribution in [1.29, 1.82) is 0 Å². The van der Waals surface area contributed by atoms with Gasteiger partial charge < -0.3 is 10.2 Å². The first-order valence-electron chi connectivity index (χ1n) is 8.28. The number of carbonyl (C=O) groups excluding carboxylic acids is 1. The zero-order chi connectivity index (χ0) is 14.8. The van der Waals surface area contributed by atoms with Crippen molar-refractivity contribution in [3.05, 3.63) is 29.8 Å². The molecule has 2 heterocycles. The summed E-state index contributed by atoms with van der Waals surface area (Å²) < 4.78 is 0. The molecule has 0 aliphatic carbocycles. The van der Waals surface area contributed by atoms with Crippen LogP contribution in [0.4, 0.5) is 5.69 Å². The van der Waals surface area contributed by atoms with E-state index in [4.69, 9.17) is 0 Å². The summed E-state index contributed by atoms with van der Waals surface area (Å²) in [6, 6.07) is 8.20. The van der Waals surface area contributed by atoms with Crippen LogP contribution < -0.4 is 5.32 Å². The maximum Gasteiger partial charge on any atom is 0.245 e. The van der Waals surface area contributed by atoms with Gasteiger partial charge in [0.2, 0.25) is 5.91 Å². The summed E-state index contributed by atoms with van der Waals surface area (Å²) in [7, 11) is 0. The number of amides is 1. The van der Waals surface area contributed by atoms with Crippen molar-refractivity contribution in [3.63, 3.8) is 0 Å². The molecule has 3 heteroatoms. The fourth-order valence-corrected chi connectivity index (χ4v) is 3.68. The van der Waals surface area contributed by atoms with Crippen molar-refractivity contribution in [1.82, 2.24) is 4.90 Å². The Balaban J connectivity index is 1.62. The minimum absolute atomic E-state index is 0.0574. The monoisotopic (exact) mass is 286 g/mol. The number of hydrogen-bond acceptors (Lipinski definition) is 2. The van der Waals surface area contributed by atoms with Gasteiger partial charge in [-0.05, 0) is 42.7 Å². The fraction of sp³-hybridized carbons (Fsp3) is 0.611. The molecule has 0 radical (unpaired) electrons. The molecule has 1 aromatic carbocycles. The first kappa shape index (κ1) is 14.4.